The van der Waals surface area contributed by atoms with Gasteiger partial charge in [-0.2, -0.15) is 0 Å². The lowest BCUT2D eigenvalue weighted by molar-refractivity contribution is 0.102. The van der Waals surface area contributed by atoms with Crippen LogP contribution in [0.4, 0.5) is 5.69 Å². The van der Waals surface area contributed by atoms with Gasteiger partial charge in [0.25, 0.3) is 5.91 Å². The fourth-order valence-electron chi connectivity index (χ4n) is 3.04. The molecule has 3 aromatic rings. The summed E-state index contributed by atoms with van der Waals surface area (Å²) in [6.07, 6.45) is 1.64. The van der Waals surface area contributed by atoms with Gasteiger partial charge in [0, 0.05) is 22.7 Å². The highest BCUT2D eigenvalue weighted by atomic mass is 32.2. The van der Waals surface area contributed by atoms with Crippen LogP contribution in [0.2, 0.25) is 0 Å². The van der Waals surface area contributed by atoms with E-state index in [-0.39, 0.29) is 28.2 Å². The number of carbonyl (C=O) groups excluding carboxylic acids is 1. The Labute approximate surface area is 163 Å². The zero-order chi connectivity index (χ0) is 19.7. The summed E-state index contributed by atoms with van der Waals surface area (Å²) in [6.45, 7) is 0. The highest BCUT2D eigenvalue weighted by Crippen LogP contribution is 2.29. The standard InChI is InChI=1S/C21H20N2O4S/c1-27-19-12-9-15(13-20(19)28(25,26)23-16-10-11-16)21(24)22-18-8-4-6-14-5-2-3-7-17(14)18/h2-9,12-13,16,23H,10-11H2,1H3,(H,22,24). The summed E-state index contributed by atoms with van der Waals surface area (Å²) in [6, 6.07) is 17.7. The molecule has 28 heavy (non-hydrogen) atoms. The van der Waals surface area contributed by atoms with Gasteiger partial charge in [0.05, 0.1) is 7.11 Å². The first-order chi connectivity index (χ1) is 13.5. The van der Waals surface area contributed by atoms with E-state index in [1.807, 2.05) is 42.5 Å². The van der Waals surface area contributed by atoms with Crippen LogP contribution in [0, 0.1) is 0 Å². The smallest absolute Gasteiger partial charge is 0.255 e. The Kier molecular flexibility index (Phi) is 4.78. The first-order valence-corrected chi connectivity index (χ1v) is 10.5. The number of hydrogen-bond acceptors (Lipinski definition) is 4. The van der Waals surface area contributed by atoms with Crippen LogP contribution in [0.1, 0.15) is 23.2 Å². The number of carbonyl (C=O) groups is 1. The lowest BCUT2D eigenvalue weighted by Crippen LogP contribution is -2.26. The van der Waals surface area contributed by atoms with Crippen LogP contribution in [-0.4, -0.2) is 27.5 Å². The molecule has 0 heterocycles. The number of methoxy groups -OCH3 is 1. The van der Waals surface area contributed by atoms with E-state index >= 15 is 0 Å². The summed E-state index contributed by atoms with van der Waals surface area (Å²) in [4.78, 5) is 12.8. The highest BCUT2D eigenvalue weighted by molar-refractivity contribution is 7.89. The quantitative estimate of drug-likeness (QED) is 0.667. The average Bonchev–Trinajstić information content (AvgIpc) is 3.51. The molecule has 7 heteroatoms. The number of nitrogens with one attached hydrogen (secondary N) is 2. The third-order valence-electron chi connectivity index (χ3n) is 4.65. The largest absolute Gasteiger partial charge is 0.495 e. The molecule has 0 aromatic heterocycles. The summed E-state index contributed by atoms with van der Waals surface area (Å²) >= 11 is 0. The van der Waals surface area contributed by atoms with Crippen LogP contribution in [-0.2, 0) is 10.0 Å². The lowest BCUT2D eigenvalue weighted by Gasteiger charge is -2.13. The zero-order valence-electron chi connectivity index (χ0n) is 15.3. The molecule has 0 unspecified atom stereocenters. The van der Waals surface area contributed by atoms with Crippen molar-refractivity contribution < 1.29 is 17.9 Å². The number of ether oxygens (including phenoxy) is 1. The van der Waals surface area contributed by atoms with Gasteiger partial charge in [-0.1, -0.05) is 36.4 Å². The lowest BCUT2D eigenvalue weighted by atomic mass is 10.1. The van der Waals surface area contributed by atoms with E-state index in [2.05, 4.69) is 10.0 Å². The van der Waals surface area contributed by atoms with Crippen molar-refractivity contribution in [3.8, 4) is 5.75 Å². The van der Waals surface area contributed by atoms with Crippen LogP contribution >= 0.6 is 0 Å². The Morgan fingerprint density at radius 2 is 1.79 bits per heavy atom. The Bertz CT molecular complexity index is 1150. The summed E-state index contributed by atoms with van der Waals surface area (Å²) in [7, 11) is -2.35. The minimum atomic E-state index is -3.76. The van der Waals surface area contributed by atoms with Gasteiger partial charge in [0.1, 0.15) is 10.6 Å². The molecule has 1 aliphatic carbocycles. The molecule has 1 aliphatic rings. The number of benzene rings is 3. The van der Waals surface area contributed by atoms with Crippen molar-refractivity contribution in [1.82, 2.24) is 4.72 Å². The van der Waals surface area contributed by atoms with Crippen molar-refractivity contribution in [2.45, 2.75) is 23.8 Å². The van der Waals surface area contributed by atoms with Gasteiger partial charge in [-0.15, -0.1) is 0 Å². The SMILES string of the molecule is COc1ccc(C(=O)Nc2cccc3ccccc23)cc1S(=O)(=O)NC1CC1. The summed E-state index contributed by atoms with van der Waals surface area (Å²) in [5.41, 5.74) is 0.907. The number of amides is 1. The third-order valence-corrected chi connectivity index (χ3v) is 6.19. The predicted molar refractivity (Wildman–Crippen MR) is 108 cm³/mol. The van der Waals surface area contributed by atoms with Crippen molar-refractivity contribution in [2.75, 3.05) is 12.4 Å². The van der Waals surface area contributed by atoms with E-state index in [0.717, 1.165) is 23.6 Å². The predicted octanol–water partition coefficient (Wildman–Crippen LogP) is 3.54. The minimum Gasteiger partial charge on any atom is -0.495 e. The molecular formula is C21H20N2O4S. The maximum absolute atomic E-state index is 12.8. The molecular weight excluding hydrogens is 376 g/mol. The average molecular weight is 396 g/mol. The fourth-order valence-corrected chi connectivity index (χ4v) is 4.54. The van der Waals surface area contributed by atoms with Crippen molar-refractivity contribution in [3.05, 3.63) is 66.2 Å². The van der Waals surface area contributed by atoms with Crippen molar-refractivity contribution in [2.24, 2.45) is 0 Å². The number of hydrogen-bond donors (Lipinski definition) is 2. The maximum atomic E-state index is 12.8. The summed E-state index contributed by atoms with van der Waals surface area (Å²) in [5.74, 6) is -0.184. The van der Waals surface area contributed by atoms with Crippen LogP contribution in [0.15, 0.2) is 65.6 Å². The normalized spacial score (nSPS) is 14.0. The van der Waals surface area contributed by atoms with Gasteiger partial charge in [-0.3, -0.25) is 4.79 Å². The first kappa shape index (κ1) is 18.5. The topological polar surface area (TPSA) is 84.5 Å². The van der Waals surface area contributed by atoms with Gasteiger partial charge in [-0.25, -0.2) is 13.1 Å². The molecule has 1 amide bonds. The molecule has 0 spiro atoms. The van der Waals surface area contributed by atoms with Crippen LogP contribution in [0.25, 0.3) is 10.8 Å². The second kappa shape index (κ2) is 7.26. The molecule has 0 saturated heterocycles. The molecule has 144 valence electrons. The molecule has 1 saturated carbocycles. The number of anilines is 1. The van der Waals surface area contributed by atoms with Gasteiger partial charge >= 0.3 is 0 Å². The second-order valence-corrected chi connectivity index (χ2v) is 8.42. The molecule has 4 rings (SSSR count). The van der Waals surface area contributed by atoms with Gasteiger partial charge in [-0.05, 0) is 42.5 Å². The van der Waals surface area contributed by atoms with E-state index in [9.17, 15) is 13.2 Å². The van der Waals surface area contributed by atoms with Crippen LogP contribution < -0.4 is 14.8 Å². The molecule has 2 N–H and O–H groups in total. The van der Waals surface area contributed by atoms with E-state index in [1.165, 1.54) is 19.2 Å². The molecule has 0 atom stereocenters. The Hall–Kier alpha value is -2.90. The number of rotatable bonds is 6. The Morgan fingerprint density at radius 3 is 2.54 bits per heavy atom. The van der Waals surface area contributed by atoms with E-state index < -0.39 is 10.0 Å². The van der Waals surface area contributed by atoms with Crippen LogP contribution in [0.5, 0.6) is 5.75 Å². The first-order valence-electron chi connectivity index (χ1n) is 8.97. The summed E-state index contributed by atoms with van der Waals surface area (Å²) < 4.78 is 33.1. The third kappa shape index (κ3) is 3.72. The molecule has 6 nitrogen and oxygen atoms in total. The maximum Gasteiger partial charge on any atom is 0.255 e. The highest BCUT2D eigenvalue weighted by Gasteiger charge is 2.30. The number of fused-ring (bicyclic) bond motifs is 1. The molecule has 3 aromatic carbocycles. The van der Waals surface area contributed by atoms with Gasteiger partial charge in [0.15, 0.2) is 0 Å². The number of sulfonamides is 1. The molecule has 0 bridgehead atoms. The van der Waals surface area contributed by atoms with E-state index in [0.29, 0.717) is 5.69 Å². The second-order valence-electron chi connectivity index (χ2n) is 6.74. The van der Waals surface area contributed by atoms with Crippen LogP contribution in [0.3, 0.4) is 0 Å². The summed E-state index contributed by atoms with van der Waals surface area (Å²) in [5, 5.41) is 4.79. The van der Waals surface area contributed by atoms with E-state index in [4.69, 9.17) is 4.74 Å². The minimum absolute atomic E-state index is 0.0348. The monoisotopic (exact) mass is 396 g/mol. The molecule has 0 radical (unpaired) electrons. The Balaban J connectivity index is 1.67. The van der Waals surface area contributed by atoms with Crippen molar-refractivity contribution in [1.29, 1.82) is 0 Å². The van der Waals surface area contributed by atoms with Crippen molar-refractivity contribution in [3.63, 3.8) is 0 Å². The van der Waals surface area contributed by atoms with Gasteiger partial charge in [0.2, 0.25) is 10.0 Å². The van der Waals surface area contributed by atoms with Gasteiger partial charge < -0.3 is 10.1 Å². The zero-order valence-corrected chi connectivity index (χ0v) is 16.1. The molecule has 1 fully saturated rings. The Morgan fingerprint density at radius 1 is 1.04 bits per heavy atom. The molecule has 0 aliphatic heterocycles. The van der Waals surface area contributed by atoms with E-state index in [1.54, 1.807) is 6.07 Å². The fraction of sp³-hybridized carbons (Fsp3) is 0.190. The van der Waals surface area contributed by atoms with Crippen molar-refractivity contribution >= 4 is 32.4 Å².